The third-order valence-corrected chi connectivity index (χ3v) is 3.94. The van der Waals surface area contributed by atoms with Crippen LogP contribution in [0.2, 0.25) is 0 Å². The number of nitro groups is 1. The van der Waals surface area contributed by atoms with Crippen LogP contribution in [0.4, 0.5) is 16.3 Å². The van der Waals surface area contributed by atoms with Gasteiger partial charge in [-0.2, -0.15) is 0 Å². The largest absolute Gasteiger partial charge is 0.363 e. The first kappa shape index (κ1) is 17.1. The number of aromatic nitrogens is 1. The van der Waals surface area contributed by atoms with Crippen molar-refractivity contribution in [3.8, 4) is 0 Å². The molecule has 1 aliphatic rings. The van der Waals surface area contributed by atoms with Gasteiger partial charge in [-0.3, -0.25) is 24.6 Å². The predicted molar refractivity (Wildman–Crippen MR) is 85.8 cm³/mol. The monoisotopic (exact) mass is 359 g/mol. The fraction of sp³-hybridized carbons (Fsp3) is 0.200. The summed E-state index contributed by atoms with van der Waals surface area (Å²) in [6.45, 7) is 0.948. The molecule has 26 heavy (non-hydrogen) atoms. The second-order valence-electron chi connectivity index (χ2n) is 5.68. The van der Waals surface area contributed by atoms with Crippen LogP contribution in [0.1, 0.15) is 12.5 Å². The van der Waals surface area contributed by atoms with E-state index in [1.807, 2.05) is 0 Å². The lowest BCUT2D eigenvalue weighted by atomic mass is 9.92. The van der Waals surface area contributed by atoms with Crippen LogP contribution in [0.3, 0.4) is 0 Å². The van der Waals surface area contributed by atoms with Crippen molar-refractivity contribution >= 4 is 29.4 Å². The second-order valence-corrected chi connectivity index (χ2v) is 5.68. The Hall–Kier alpha value is -3.76. The molecule has 1 aliphatic heterocycles. The van der Waals surface area contributed by atoms with E-state index in [-0.39, 0.29) is 11.5 Å². The first-order valence-corrected chi connectivity index (χ1v) is 7.40. The van der Waals surface area contributed by atoms with Gasteiger partial charge in [0.1, 0.15) is 18.3 Å². The SMILES string of the molecule is CC1(c2ccc([N+](=O)[O-])cc2)NC(=O)N(CC(=O)Nc2ccon2)C1=O. The predicted octanol–water partition coefficient (Wildman–Crippen LogP) is 0.988. The highest BCUT2D eigenvalue weighted by atomic mass is 16.6. The number of carbonyl (C=O) groups excluding carboxylic acids is 3. The number of amides is 4. The lowest BCUT2D eigenvalue weighted by Gasteiger charge is -2.21. The fourth-order valence-corrected chi connectivity index (χ4v) is 2.56. The molecule has 2 N–H and O–H groups in total. The Morgan fingerprint density at radius 2 is 2.04 bits per heavy atom. The highest BCUT2D eigenvalue weighted by Gasteiger charge is 2.49. The van der Waals surface area contributed by atoms with E-state index in [0.29, 0.717) is 5.56 Å². The smallest absolute Gasteiger partial charge is 0.325 e. The zero-order chi connectivity index (χ0) is 18.9. The quantitative estimate of drug-likeness (QED) is 0.459. The molecule has 1 unspecified atom stereocenters. The number of imide groups is 1. The maximum atomic E-state index is 12.7. The summed E-state index contributed by atoms with van der Waals surface area (Å²) in [6.07, 6.45) is 1.26. The number of hydrogen-bond acceptors (Lipinski definition) is 7. The van der Waals surface area contributed by atoms with Crippen LogP contribution in [-0.2, 0) is 15.1 Å². The minimum absolute atomic E-state index is 0.141. The Morgan fingerprint density at radius 3 is 2.62 bits per heavy atom. The van der Waals surface area contributed by atoms with E-state index in [1.54, 1.807) is 0 Å². The Morgan fingerprint density at radius 1 is 1.35 bits per heavy atom. The summed E-state index contributed by atoms with van der Waals surface area (Å²) in [5.74, 6) is -1.12. The van der Waals surface area contributed by atoms with Gasteiger partial charge in [-0.05, 0) is 24.6 Å². The zero-order valence-corrected chi connectivity index (χ0v) is 13.5. The van der Waals surface area contributed by atoms with Gasteiger partial charge in [-0.1, -0.05) is 5.16 Å². The summed E-state index contributed by atoms with van der Waals surface area (Å²) in [6, 6.07) is 5.90. The molecular weight excluding hydrogens is 346 g/mol. The maximum Gasteiger partial charge on any atom is 0.325 e. The minimum Gasteiger partial charge on any atom is -0.363 e. The number of anilines is 1. The number of benzene rings is 1. The Labute approximate surface area is 146 Å². The van der Waals surface area contributed by atoms with Crippen molar-refractivity contribution in [2.24, 2.45) is 0 Å². The van der Waals surface area contributed by atoms with Gasteiger partial charge in [0.25, 0.3) is 11.6 Å². The number of nitrogens with zero attached hydrogens (tertiary/aromatic N) is 3. The molecule has 0 aliphatic carbocycles. The maximum absolute atomic E-state index is 12.7. The highest BCUT2D eigenvalue weighted by molar-refractivity contribution is 6.10. The molecule has 0 saturated carbocycles. The van der Waals surface area contributed by atoms with Crippen LogP contribution in [0.5, 0.6) is 0 Å². The van der Waals surface area contributed by atoms with Crippen LogP contribution in [0, 0.1) is 10.1 Å². The van der Waals surface area contributed by atoms with Crippen LogP contribution in [0.15, 0.2) is 41.1 Å². The number of nitrogens with one attached hydrogen (secondary N) is 2. The van der Waals surface area contributed by atoms with Crippen molar-refractivity contribution in [1.82, 2.24) is 15.4 Å². The number of nitro benzene ring substituents is 1. The number of urea groups is 1. The van der Waals surface area contributed by atoms with Gasteiger partial charge in [0.05, 0.1) is 4.92 Å². The molecule has 1 atom stereocenters. The molecule has 3 rings (SSSR count). The van der Waals surface area contributed by atoms with Gasteiger partial charge in [0.2, 0.25) is 5.91 Å². The van der Waals surface area contributed by atoms with Crippen molar-refractivity contribution in [3.63, 3.8) is 0 Å². The standard InChI is InChI=1S/C15H13N5O6/c1-15(9-2-4-10(5-3-9)20(24)25)13(22)19(14(23)17-15)8-12(21)16-11-6-7-26-18-11/h2-7H,8H2,1H3,(H,17,23)(H,16,18,21). The van der Waals surface area contributed by atoms with E-state index in [9.17, 15) is 24.5 Å². The van der Waals surface area contributed by atoms with Crippen molar-refractivity contribution in [3.05, 3.63) is 52.3 Å². The highest BCUT2D eigenvalue weighted by Crippen LogP contribution is 2.29. The van der Waals surface area contributed by atoms with Crippen molar-refractivity contribution < 1.29 is 23.8 Å². The average molecular weight is 359 g/mol. The Bertz CT molecular complexity index is 878. The Kier molecular flexibility index (Phi) is 4.12. The molecule has 4 amide bonds. The first-order valence-electron chi connectivity index (χ1n) is 7.40. The minimum atomic E-state index is -1.43. The molecule has 11 nitrogen and oxygen atoms in total. The van der Waals surface area contributed by atoms with Crippen LogP contribution >= 0.6 is 0 Å². The van der Waals surface area contributed by atoms with E-state index in [4.69, 9.17) is 0 Å². The molecule has 0 spiro atoms. The summed E-state index contributed by atoms with van der Waals surface area (Å²) in [5, 5.41) is 19.1. The average Bonchev–Trinajstić information content (AvgIpc) is 3.18. The van der Waals surface area contributed by atoms with Crippen molar-refractivity contribution in [2.45, 2.75) is 12.5 Å². The van der Waals surface area contributed by atoms with E-state index >= 15 is 0 Å². The summed E-state index contributed by atoms with van der Waals surface area (Å²) in [7, 11) is 0. The van der Waals surface area contributed by atoms with Crippen LogP contribution in [-0.4, -0.2) is 39.4 Å². The lowest BCUT2D eigenvalue weighted by molar-refractivity contribution is -0.384. The molecule has 2 heterocycles. The number of hydrogen-bond donors (Lipinski definition) is 2. The molecular formula is C15H13N5O6. The number of carbonyl (C=O) groups is 3. The Balaban J connectivity index is 1.76. The fourth-order valence-electron chi connectivity index (χ4n) is 2.56. The van der Waals surface area contributed by atoms with E-state index in [0.717, 1.165) is 4.90 Å². The number of rotatable bonds is 5. The summed E-state index contributed by atoms with van der Waals surface area (Å²) < 4.78 is 4.57. The van der Waals surface area contributed by atoms with Crippen molar-refractivity contribution in [2.75, 3.05) is 11.9 Å². The lowest BCUT2D eigenvalue weighted by Crippen LogP contribution is -2.42. The van der Waals surface area contributed by atoms with E-state index in [2.05, 4.69) is 20.3 Å². The zero-order valence-electron chi connectivity index (χ0n) is 13.5. The van der Waals surface area contributed by atoms with Crippen LogP contribution < -0.4 is 10.6 Å². The molecule has 2 aromatic rings. The van der Waals surface area contributed by atoms with Gasteiger partial charge in [0.15, 0.2) is 5.82 Å². The van der Waals surface area contributed by atoms with Gasteiger partial charge in [-0.15, -0.1) is 0 Å². The summed E-state index contributed by atoms with van der Waals surface area (Å²) in [4.78, 5) is 47.8. The molecule has 134 valence electrons. The molecule has 11 heteroatoms. The van der Waals surface area contributed by atoms with E-state index in [1.165, 1.54) is 43.5 Å². The van der Waals surface area contributed by atoms with Gasteiger partial charge >= 0.3 is 6.03 Å². The molecule has 1 saturated heterocycles. The molecule has 1 fully saturated rings. The molecule has 1 aromatic carbocycles. The summed E-state index contributed by atoms with van der Waals surface area (Å²) in [5.41, 5.74) is -1.21. The van der Waals surface area contributed by atoms with Crippen molar-refractivity contribution in [1.29, 1.82) is 0 Å². The third-order valence-electron chi connectivity index (χ3n) is 3.94. The third kappa shape index (κ3) is 2.97. The van der Waals surface area contributed by atoms with Gasteiger partial charge in [0, 0.05) is 18.2 Å². The second kappa shape index (κ2) is 6.27. The normalized spacial score (nSPS) is 19.3. The molecule has 0 bridgehead atoms. The topological polar surface area (TPSA) is 148 Å². The first-order chi connectivity index (χ1) is 12.3. The molecule has 0 radical (unpaired) electrons. The van der Waals surface area contributed by atoms with Gasteiger partial charge in [-0.25, -0.2) is 4.79 Å². The molecule has 1 aromatic heterocycles. The summed E-state index contributed by atoms with van der Waals surface area (Å²) >= 11 is 0. The van der Waals surface area contributed by atoms with E-state index < -0.39 is 34.9 Å². The van der Waals surface area contributed by atoms with Crippen LogP contribution in [0.25, 0.3) is 0 Å². The number of non-ortho nitro benzene ring substituents is 1. The van der Waals surface area contributed by atoms with Gasteiger partial charge < -0.3 is 15.2 Å².